The molecule has 0 aromatic heterocycles. The number of amides is 1. The second kappa shape index (κ2) is 11.2. The summed E-state index contributed by atoms with van der Waals surface area (Å²) in [6.45, 7) is 2.26. The number of ether oxygens (including phenoxy) is 1. The number of nitrogens with one attached hydrogen (secondary N) is 1. The molecule has 4 nitrogen and oxygen atoms in total. The Kier molecular flexibility index (Phi) is 8.55. The van der Waals surface area contributed by atoms with Gasteiger partial charge in [0, 0.05) is 24.0 Å². The summed E-state index contributed by atoms with van der Waals surface area (Å²) in [6, 6.07) is 18.5. The second-order valence-electron chi connectivity index (χ2n) is 6.82. The number of hydrogen-bond donors (Lipinski definition) is 1. The average Bonchev–Trinajstić information content (AvgIpc) is 2.74. The molecule has 0 aliphatic rings. The molecular formula is C24H16Br3ClN2O2. The summed E-state index contributed by atoms with van der Waals surface area (Å²) in [7, 11) is 0. The van der Waals surface area contributed by atoms with E-state index in [0.717, 1.165) is 15.6 Å². The van der Waals surface area contributed by atoms with Crippen LogP contribution in [0.25, 0.3) is 6.08 Å². The molecule has 3 aromatic rings. The zero-order valence-electron chi connectivity index (χ0n) is 16.8. The molecule has 0 saturated heterocycles. The van der Waals surface area contributed by atoms with E-state index in [2.05, 4.69) is 53.1 Å². The van der Waals surface area contributed by atoms with Gasteiger partial charge in [0.1, 0.15) is 24.0 Å². The Morgan fingerprint density at radius 3 is 2.38 bits per heavy atom. The SMILES string of the molecule is Cc1cc(Br)c(NC(=O)/C(C#N)=C/c2cc(Br)ccc2OCc2ccc(Cl)cc2)c(Br)c1. The van der Waals surface area contributed by atoms with Crippen LogP contribution in [0.4, 0.5) is 5.69 Å². The molecule has 0 aliphatic heterocycles. The van der Waals surface area contributed by atoms with Gasteiger partial charge in [0.05, 0.1) is 5.69 Å². The van der Waals surface area contributed by atoms with Gasteiger partial charge >= 0.3 is 0 Å². The van der Waals surface area contributed by atoms with Crippen LogP contribution in [0, 0.1) is 18.3 Å². The van der Waals surface area contributed by atoms with E-state index < -0.39 is 5.91 Å². The van der Waals surface area contributed by atoms with Gasteiger partial charge < -0.3 is 10.1 Å². The van der Waals surface area contributed by atoms with Crippen molar-refractivity contribution >= 4 is 77.1 Å². The van der Waals surface area contributed by atoms with E-state index in [1.54, 1.807) is 24.3 Å². The number of halogens is 4. The smallest absolute Gasteiger partial charge is 0.266 e. The van der Waals surface area contributed by atoms with Crippen LogP contribution < -0.4 is 10.1 Å². The molecule has 0 fully saturated rings. The highest BCUT2D eigenvalue weighted by atomic mass is 79.9. The van der Waals surface area contributed by atoms with Crippen molar-refractivity contribution in [2.75, 3.05) is 5.32 Å². The molecule has 8 heteroatoms. The van der Waals surface area contributed by atoms with Crippen LogP contribution in [0.1, 0.15) is 16.7 Å². The maximum absolute atomic E-state index is 12.8. The Hall–Kier alpha value is -2.11. The van der Waals surface area contributed by atoms with Crippen LogP contribution in [-0.2, 0) is 11.4 Å². The number of hydrogen-bond acceptors (Lipinski definition) is 3. The molecule has 0 unspecified atom stereocenters. The van der Waals surface area contributed by atoms with Gasteiger partial charge in [0.25, 0.3) is 5.91 Å². The first kappa shape index (κ1) is 24.5. The monoisotopic (exact) mass is 636 g/mol. The number of carbonyl (C=O) groups is 1. The van der Waals surface area contributed by atoms with Crippen molar-refractivity contribution in [2.45, 2.75) is 13.5 Å². The molecule has 0 spiro atoms. The first-order valence-corrected chi connectivity index (χ1v) is 12.1. The van der Waals surface area contributed by atoms with Crippen molar-refractivity contribution in [1.29, 1.82) is 5.26 Å². The maximum Gasteiger partial charge on any atom is 0.266 e. The van der Waals surface area contributed by atoms with E-state index >= 15 is 0 Å². The Labute approximate surface area is 216 Å². The van der Waals surface area contributed by atoms with E-state index in [1.807, 2.05) is 43.3 Å². The van der Waals surface area contributed by atoms with Gasteiger partial charge in [-0.05, 0) is 98.5 Å². The number of aryl methyl sites for hydroxylation is 1. The molecule has 0 bridgehead atoms. The van der Waals surface area contributed by atoms with Crippen molar-refractivity contribution in [3.63, 3.8) is 0 Å². The summed E-state index contributed by atoms with van der Waals surface area (Å²) in [5, 5.41) is 13.1. The van der Waals surface area contributed by atoms with Crippen LogP contribution >= 0.6 is 59.4 Å². The highest BCUT2D eigenvalue weighted by molar-refractivity contribution is 9.11. The fraction of sp³-hybridized carbons (Fsp3) is 0.0833. The molecule has 1 N–H and O–H groups in total. The third-order valence-corrected chi connectivity index (χ3v) is 6.37. The maximum atomic E-state index is 12.8. The lowest BCUT2D eigenvalue weighted by Gasteiger charge is -2.12. The summed E-state index contributed by atoms with van der Waals surface area (Å²) < 4.78 is 8.17. The summed E-state index contributed by atoms with van der Waals surface area (Å²) in [5.74, 6) is 0.0165. The highest BCUT2D eigenvalue weighted by Crippen LogP contribution is 2.33. The zero-order chi connectivity index (χ0) is 23.3. The van der Waals surface area contributed by atoms with Crippen LogP contribution in [0.5, 0.6) is 5.75 Å². The van der Waals surface area contributed by atoms with Crippen molar-refractivity contribution in [1.82, 2.24) is 0 Å². The minimum Gasteiger partial charge on any atom is -0.488 e. The molecule has 0 atom stereocenters. The number of nitriles is 1. The van der Waals surface area contributed by atoms with Gasteiger partial charge in [-0.2, -0.15) is 5.26 Å². The molecule has 0 aliphatic carbocycles. The summed E-state index contributed by atoms with van der Waals surface area (Å²) in [5.41, 5.74) is 3.06. The molecule has 162 valence electrons. The molecule has 3 aromatic carbocycles. The quantitative estimate of drug-likeness (QED) is 0.219. The molecule has 0 saturated carbocycles. The molecule has 0 radical (unpaired) electrons. The normalized spacial score (nSPS) is 11.1. The Balaban J connectivity index is 1.86. The number of nitrogens with zero attached hydrogens (tertiary/aromatic N) is 1. The van der Waals surface area contributed by atoms with E-state index in [0.29, 0.717) is 37.6 Å². The predicted molar refractivity (Wildman–Crippen MR) is 139 cm³/mol. The molecule has 1 amide bonds. The molecular weight excluding hydrogens is 623 g/mol. The van der Waals surface area contributed by atoms with Gasteiger partial charge in [-0.25, -0.2) is 0 Å². The second-order valence-corrected chi connectivity index (χ2v) is 9.89. The zero-order valence-corrected chi connectivity index (χ0v) is 22.3. The summed E-state index contributed by atoms with van der Waals surface area (Å²) >= 11 is 16.3. The minimum atomic E-state index is -0.527. The third kappa shape index (κ3) is 6.46. The Morgan fingerprint density at radius 1 is 1.09 bits per heavy atom. The van der Waals surface area contributed by atoms with Crippen molar-refractivity contribution in [3.05, 3.63) is 95.3 Å². The van der Waals surface area contributed by atoms with Gasteiger partial charge in [0.2, 0.25) is 0 Å². The van der Waals surface area contributed by atoms with Crippen LogP contribution in [-0.4, -0.2) is 5.91 Å². The standard InChI is InChI=1S/C24H16Br3ClN2O2/c1-14-8-20(26)23(21(27)9-14)30-24(31)17(12-29)10-16-11-18(25)4-7-22(16)32-13-15-2-5-19(28)6-3-15/h2-11H,13H2,1H3,(H,30,31)/b17-10+. The highest BCUT2D eigenvalue weighted by Gasteiger charge is 2.15. The predicted octanol–water partition coefficient (Wildman–Crippen LogP) is 8.06. The lowest BCUT2D eigenvalue weighted by atomic mass is 10.1. The van der Waals surface area contributed by atoms with E-state index in [-0.39, 0.29) is 5.57 Å². The number of rotatable bonds is 6. The van der Waals surface area contributed by atoms with Crippen molar-refractivity contribution in [3.8, 4) is 11.8 Å². The van der Waals surface area contributed by atoms with Gasteiger partial charge in [-0.3, -0.25) is 4.79 Å². The number of carbonyl (C=O) groups excluding carboxylic acids is 1. The Morgan fingerprint density at radius 2 is 1.75 bits per heavy atom. The molecule has 32 heavy (non-hydrogen) atoms. The third-order valence-electron chi connectivity index (χ3n) is 4.37. The van der Waals surface area contributed by atoms with Crippen LogP contribution in [0.2, 0.25) is 5.02 Å². The fourth-order valence-electron chi connectivity index (χ4n) is 2.81. The lowest BCUT2D eigenvalue weighted by Crippen LogP contribution is -2.14. The molecule has 0 heterocycles. The van der Waals surface area contributed by atoms with Crippen LogP contribution in [0.15, 0.2) is 73.6 Å². The van der Waals surface area contributed by atoms with E-state index in [1.165, 1.54) is 6.08 Å². The van der Waals surface area contributed by atoms with E-state index in [9.17, 15) is 10.1 Å². The van der Waals surface area contributed by atoms with Crippen molar-refractivity contribution in [2.24, 2.45) is 0 Å². The number of benzene rings is 3. The minimum absolute atomic E-state index is 0.0567. The van der Waals surface area contributed by atoms with Gasteiger partial charge in [-0.15, -0.1) is 0 Å². The largest absolute Gasteiger partial charge is 0.488 e. The van der Waals surface area contributed by atoms with Gasteiger partial charge in [-0.1, -0.05) is 39.7 Å². The van der Waals surface area contributed by atoms with Crippen molar-refractivity contribution < 1.29 is 9.53 Å². The number of anilines is 1. The van der Waals surface area contributed by atoms with E-state index in [4.69, 9.17) is 16.3 Å². The summed E-state index contributed by atoms with van der Waals surface area (Å²) in [4.78, 5) is 12.8. The van der Waals surface area contributed by atoms with Gasteiger partial charge in [0.15, 0.2) is 0 Å². The topological polar surface area (TPSA) is 62.1 Å². The molecule has 3 rings (SSSR count). The Bertz CT molecular complexity index is 1210. The van der Waals surface area contributed by atoms with Crippen LogP contribution in [0.3, 0.4) is 0 Å². The summed E-state index contributed by atoms with van der Waals surface area (Å²) in [6.07, 6.45) is 1.51. The first-order chi connectivity index (χ1) is 15.3. The first-order valence-electron chi connectivity index (χ1n) is 9.32. The fourth-order valence-corrected chi connectivity index (χ4v) is 4.93. The average molecular weight is 640 g/mol. The lowest BCUT2D eigenvalue weighted by molar-refractivity contribution is -0.112.